The molecule has 0 aromatic rings. The Morgan fingerprint density at radius 3 is 2.11 bits per heavy atom. The first-order valence-corrected chi connectivity index (χ1v) is 23.3. The van der Waals surface area contributed by atoms with Gasteiger partial charge in [-0.05, 0) is 93.0 Å². The van der Waals surface area contributed by atoms with Crippen molar-refractivity contribution in [1.82, 2.24) is 24.1 Å². The second-order valence-electron chi connectivity index (χ2n) is 20.5. The van der Waals surface area contributed by atoms with Crippen LogP contribution < -0.4 is 10.0 Å². The highest BCUT2D eigenvalue weighted by Gasteiger charge is 2.85. The molecule has 13 heteroatoms. The van der Waals surface area contributed by atoms with Crippen molar-refractivity contribution in [2.75, 3.05) is 33.7 Å². The summed E-state index contributed by atoms with van der Waals surface area (Å²) in [6.07, 6.45) is 12.9. The number of allylic oxidation sites excluding steroid dienone is 1. The van der Waals surface area contributed by atoms with Crippen molar-refractivity contribution in [3.8, 4) is 0 Å². The van der Waals surface area contributed by atoms with Gasteiger partial charge >= 0.3 is 10.2 Å². The van der Waals surface area contributed by atoms with Gasteiger partial charge in [0.2, 0.25) is 17.7 Å². The van der Waals surface area contributed by atoms with Gasteiger partial charge < -0.3 is 10.2 Å². The molecule has 6 rings (SSSR count). The number of rotatable bonds is 15. The molecular weight excluding hydrogens is 743 g/mol. The van der Waals surface area contributed by atoms with Gasteiger partial charge in [-0.15, -0.1) is 6.58 Å². The van der Waals surface area contributed by atoms with Crippen LogP contribution in [0.2, 0.25) is 0 Å². The normalized spacial score (nSPS) is 32.0. The monoisotopic (exact) mass is 814 g/mol. The molecule has 4 aliphatic carbocycles. The highest BCUT2D eigenvalue weighted by atomic mass is 32.2. The summed E-state index contributed by atoms with van der Waals surface area (Å²) < 4.78 is 29.1. The van der Waals surface area contributed by atoms with E-state index < -0.39 is 44.9 Å². The molecule has 2 heterocycles. The average Bonchev–Trinajstić information content (AvgIpc) is 3.87. The van der Waals surface area contributed by atoms with E-state index in [0.29, 0.717) is 19.4 Å². The van der Waals surface area contributed by atoms with Gasteiger partial charge in [-0.1, -0.05) is 79.7 Å². The van der Waals surface area contributed by atoms with Crippen LogP contribution in [0, 0.1) is 44.8 Å². The van der Waals surface area contributed by atoms with E-state index >= 15 is 4.79 Å². The molecule has 57 heavy (non-hydrogen) atoms. The van der Waals surface area contributed by atoms with Crippen LogP contribution in [0.5, 0.6) is 0 Å². The zero-order valence-corrected chi connectivity index (χ0v) is 36.9. The van der Waals surface area contributed by atoms with Gasteiger partial charge in [0, 0.05) is 44.3 Å². The number of amides is 3. The number of piperidine rings is 1. The molecule has 7 atom stereocenters. The van der Waals surface area contributed by atoms with Crippen molar-refractivity contribution in [3.63, 3.8) is 0 Å². The Labute approximate surface area is 342 Å². The van der Waals surface area contributed by atoms with Gasteiger partial charge in [-0.25, -0.2) is 4.72 Å². The standard InChI is InChI=1S/C44H71N5O7S/c1-10-30-25-42(30,39(54)46-57(55,56)48(9)11-2)27-35(51)33-26-44(41(6,7)43(44)21-17-22-43)28-49(33)38(53)31(40(3,4)5)24-34(50)36(29-18-13-12-14-19-29)45-37(52)32-20-15-16-23-47(32)8/h10,29-33,36H,1,11-28H2,2-9H3,(H,45,52)(H,46,54)/t30-,31-,32+,33+,36+,42-,44-/m1/s1. The Bertz CT molecular complexity index is 1730. The maximum atomic E-state index is 15.3. The number of ketones is 2. The highest BCUT2D eigenvalue weighted by Crippen LogP contribution is 2.88. The summed E-state index contributed by atoms with van der Waals surface area (Å²) in [6.45, 7) is 17.4. The van der Waals surface area contributed by atoms with E-state index in [4.69, 9.17) is 0 Å². The molecule has 320 valence electrons. The molecule has 3 amide bonds. The number of carbonyl (C=O) groups is 5. The zero-order valence-electron chi connectivity index (χ0n) is 36.1. The Kier molecular flexibility index (Phi) is 12.1. The Hall–Kier alpha value is -2.64. The van der Waals surface area contributed by atoms with Crippen LogP contribution >= 0.6 is 0 Å². The van der Waals surface area contributed by atoms with Gasteiger partial charge in [-0.3, -0.25) is 28.9 Å². The zero-order chi connectivity index (χ0) is 41.9. The Morgan fingerprint density at radius 1 is 0.930 bits per heavy atom. The Balaban J connectivity index is 1.28. The number of carbonyl (C=O) groups excluding carboxylic acids is 5. The molecule has 0 radical (unpaired) electrons. The molecule has 2 N–H and O–H groups in total. The number of fused-ring (bicyclic) bond motifs is 1. The molecule has 4 saturated carbocycles. The molecule has 6 aliphatic rings. The minimum atomic E-state index is -4.11. The minimum absolute atomic E-state index is 0.00884. The summed E-state index contributed by atoms with van der Waals surface area (Å²) >= 11 is 0. The highest BCUT2D eigenvalue weighted by molar-refractivity contribution is 7.87. The van der Waals surface area contributed by atoms with Crippen LogP contribution in [0.15, 0.2) is 12.7 Å². The lowest BCUT2D eigenvalue weighted by Crippen LogP contribution is -2.55. The van der Waals surface area contributed by atoms with E-state index in [1.807, 2.05) is 27.8 Å². The fourth-order valence-electron chi connectivity index (χ4n) is 12.1. The molecule has 12 nitrogen and oxygen atoms in total. The smallest absolute Gasteiger partial charge is 0.303 e. The van der Waals surface area contributed by atoms with Gasteiger partial charge in [-0.2, -0.15) is 12.7 Å². The largest absolute Gasteiger partial charge is 0.345 e. The predicted octanol–water partition coefficient (Wildman–Crippen LogP) is 5.42. The van der Waals surface area contributed by atoms with Crippen LogP contribution in [0.3, 0.4) is 0 Å². The molecule has 0 aromatic carbocycles. The Morgan fingerprint density at radius 2 is 1.58 bits per heavy atom. The van der Waals surface area contributed by atoms with Crippen LogP contribution in [0.1, 0.15) is 138 Å². The van der Waals surface area contributed by atoms with E-state index in [1.54, 1.807) is 17.9 Å². The van der Waals surface area contributed by atoms with Crippen LogP contribution in [0.4, 0.5) is 0 Å². The van der Waals surface area contributed by atoms with Crippen molar-refractivity contribution in [1.29, 1.82) is 0 Å². The first-order chi connectivity index (χ1) is 26.6. The lowest BCUT2D eigenvalue weighted by atomic mass is 9.73. The lowest BCUT2D eigenvalue weighted by molar-refractivity contribution is -0.147. The molecule has 2 spiro atoms. The number of hydrogen-bond acceptors (Lipinski definition) is 8. The maximum absolute atomic E-state index is 15.3. The number of likely N-dealkylation sites (N-methyl/N-ethyl adjacent to an activating group) is 1. The molecular formula is C44H71N5O7S. The molecule has 2 aliphatic heterocycles. The second kappa shape index (κ2) is 15.8. The van der Waals surface area contributed by atoms with Gasteiger partial charge in [0.05, 0.1) is 23.5 Å². The molecule has 0 aromatic heterocycles. The fourth-order valence-corrected chi connectivity index (χ4v) is 13.0. The van der Waals surface area contributed by atoms with E-state index in [2.05, 4.69) is 35.4 Å². The van der Waals surface area contributed by atoms with Gasteiger partial charge in [0.15, 0.2) is 11.6 Å². The topological polar surface area (TPSA) is 153 Å². The lowest BCUT2D eigenvalue weighted by Gasteiger charge is -2.38. The maximum Gasteiger partial charge on any atom is 0.303 e. The van der Waals surface area contributed by atoms with Crippen molar-refractivity contribution in [2.45, 2.75) is 156 Å². The molecule has 2 saturated heterocycles. The summed E-state index contributed by atoms with van der Waals surface area (Å²) in [4.78, 5) is 76.2. The van der Waals surface area contributed by atoms with Crippen LogP contribution in [0.25, 0.3) is 0 Å². The average molecular weight is 814 g/mol. The van der Waals surface area contributed by atoms with Crippen LogP contribution in [-0.2, 0) is 34.2 Å². The molecule has 6 fully saturated rings. The second-order valence-corrected chi connectivity index (χ2v) is 22.3. The number of nitrogens with zero attached hydrogens (tertiary/aromatic N) is 3. The summed E-state index contributed by atoms with van der Waals surface area (Å²) in [7, 11) is -0.756. The van der Waals surface area contributed by atoms with Gasteiger partial charge in [0.1, 0.15) is 0 Å². The quantitative estimate of drug-likeness (QED) is 0.208. The van der Waals surface area contributed by atoms with Crippen molar-refractivity contribution < 1.29 is 32.4 Å². The number of Topliss-reactive ketones (excluding diaryl/α,β-unsaturated/α-hetero) is 2. The summed E-state index contributed by atoms with van der Waals surface area (Å²) in [5.74, 6) is -2.55. The van der Waals surface area contributed by atoms with Crippen molar-refractivity contribution in [3.05, 3.63) is 12.7 Å². The number of nitrogens with one attached hydrogen (secondary N) is 2. The first kappa shape index (κ1) is 43.9. The number of likely N-dealkylation sites (tertiary alicyclic amines) is 2. The summed E-state index contributed by atoms with van der Waals surface area (Å²) in [5.41, 5.74) is -2.25. The predicted molar refractivity (Wildman–Crippen MR) is 220 cm³/mol. The van der Waals surface area contributed by atoms with Gasteiger partial charge in [0.25, 0.3) is 0 Å². The minimum Gasteiger partial charge on any atom is -0.345 e. The fraction of sp³-hybridized carbons (Fsp3) is 0.841. The SMILES string of the molecule is C=C[C@@H]1C[C@]1(CC(=O)[C@@H]1C[C@@]2(CN1C(=O)[C@@H](CC(=O)[C@@H](NC(=O)[C@@H]1CCCCN1C)C1CCCCC1)C(C)(C)C)C(C)(C)C21CCC1)C(=O)NS(=O)(=O)N(C)CC. The van der Waals surface area contributed by atoms with E-state index in [9.17, 15) is 27.6 Å². The third-order valence-corrected chi connectivity index (χ3v) is 18.0. The summed E-state index contributed by atoms with van der Waals surface area (Å²) in [6, 6.07) is -1.77. The molecule has 0 unspecified atom stereocenters. The first-order valence-electron chi connectivity index (χ1n) is 21.9. The van der Waals surface area contributed by atoms with Crippen molar-refractivity contribution in [2.24, 2.45) is 44.8 Å². The van der Waals surface area contributed by atoms with Crippen LogP contribution in [-0.4, -0.2) is 104 Å². The van der Waals surface area contributed by atoms with E-state index in [1.165, 1.54) is 7.05 Å². The van der Waals surface area contributed by atoms with E-state index in [0.717, 1.165) is 81.5 Å². The molecule has 0 bridgehead atoms. The third-order valence-electron chi connectivity index (χ3n) is 16.5. The van der Waals surface area contributed by atoms with E-state index in [-0.39, 0.29) is 76.9 Å². The number of hydrogen-bond donors (Lipinski definition) is 2. The third kappa shape index (κ3) is 7.57. The summed E-state index contributed by atoms with van der Waals surface area (Å²) in [5, 5.41) is 3.22. The van der Waals surface area contributed by atoms with Crippen molar-refractivity contribution >= 4 is 39.5 Å².